The molecule has 2 aromatic heterocycles. The van der Waals surface area contributed by atoms with Gasteiger partial charge >= 0.3 is 6.03 Å². The zero-order chi connectivity index (χ0) is 35.2. The fourth-order valence-electron chi connectivity index (χ4n) is 5.45. The average Bonchev–Trinajstić information content (AvgIpc) is 3.95. The molecule has 1 saturated heterocycles. The average molecular weight is 720 g/mol. The zero-order valence-electron chi connectivity index (χ0n) is 27.3. The molecule has 13 nitrogen and oxygen atoms in total. The van der Waals surface area contributed by atoms with Crippen molar-refractivity contribution >= 4 is 52.4 Å². The number of pyridine rings is 1. The van der Waals surface area contributed by atoms with E-state index in [0.29, 0.717) is 54.3 Å². The molecule has 2 aromatic carbocycles. The van der Waals surface area contributed by atoms with Crippen LogP contribution in [0.5, 0.6) is 0 Å². The van der Waals surface area contributed by atoms with E-state index < -0.39 is 11.6 Å². The summed E-state index contributed by atoms with van der Waals surface area (Å²) in [4.78, 5) is 58.7. The van der Waals surface area contributed by atoms with Crippen LogP contribution in [0.15, 0.2) is 65.7 Å². The fourth-order valence-corrected chi connectivity index (χ4v) is 5.91. The van der Waals surface area contributed by atoms with E-state index in [9.17, 15) is 19.2 Å². The molecular weight excluding hydrogens is 683 g/mol. The van der Waals surface area contributed by atoms with Crippen molar-refractivity contribution < 1.29 is 19.1 Å². The Hall–Kier alpha value is -4.82. The second-order valence-corrected chi connectivity index (χ2v) is 12.8. The molecule has 4 N–H and O–H groups in total. The van der Waals surface area contributed by atoms with Crippen LogP contribution in [0.25, 0.3) is 22.4 Å². The fraction of sp³-hybridized carbons (Fsp3) is 0.314. The molecule has 260 valence electrons. The number of amides is 4. The number of hydrogen-bond donors (Lipinski definition) is 4. The molecule has 2 fully saturated rings. The SMILES string of the molecule is CCn1nc(-c2cccc(-c3cc(C(=O)NCCN4CCOCC4)cc(C(=O)NC4CC4)c3)c2)cc(NC(=O)Nc2c(Cl)cncc2Cl)c1=O. The van der Waals surface area contributed by atoms with Gasteiger partial charge in [-0.15, -0.1) is 0 Å². The van der Waals surface area contributed by atoms with Crippen molar-refractivity contribution in [1.29, 1.82) is 0 Å². The molecule has 1 aliphatic carbocycles. The molecule has 4 aromatic rings. The lowest BCUT2D eigenvalue weighted by Gasteiger charge is -2.26. The van der Waals surface area contributed by atoms with Gasteiger partial charge in [0, 0.05) is 67.8 Å². The number of urea groups is 1. The summed E-state index contributed by atoms with van der Waals surface area (Å²) in [6, 6.07) is 13.4. The third-order valence-electron chi connectivity index (χ3n) is 8.29. The van der Waals surface area contributed by atoms with Crippen molar-refractivity contribution in [3.05, 3.63) is 92.5 Å². The van der Waals surface area contributed by atoms with E-state index in [2.05, 4.69) is 36.2 Å². The summed E-state index contributed by atoms with van der Waals surface area (Å²) in [7, 11) is 0. The predicted molar refractivity (Wildman–Crippen MR) is 192 cm³/mol. The second kappa shape index (κ2) is 15.8. The van der Waals surface area contributed by atoms with Gasteiger partial charge in [0.05, 0.1) is 34.6 Å². The van der Waals surface area contributed by atoms with Gasteiger partial charge in [0.15, 0.2) is 0 Å². The highest BCUT2D eigenvalue weighted by molar-refractivity contribution is 6.39. The largest absolute Gasteiger partial charge is 0.379 e. The van der Waals surface area contributed by atoms with Crippen LogP contribution in [0.1, 0.15) is 40.5 Å². The minimum absolute atomic E-state index is 0.0177. The van der Waals surface area contributed by atoms with Crippen LogP contribution in [0.2, 0.25) is 10.0 Å². The van der Waals surface area contributed by atoms with E-state index in [0.717, 1.165) is 31.5 Å². The highest BCUT2D eigenvalue weighted by Gasteiger charge is 2.25. The summed E-state index contributed by atoms with van der Waals surface area (Å²) in [5, 5.41) is 15.9. The highest BCUT2D eigenvalue weighted by Crippen LogP contribution is 2.30. The molecule has 0 spiro atoms. The Morgan fingerprint density at radius 2 is 1.60 bits per heavy atom. The van der Waals surface area contributed by atoms with Crippen molar-refractivity contribution in [2.45, 2.75) is 32.4 Å². The normalized spacial score (nSPS) is 14.5. The Balaban J connectivity index is 1.27. The van der Waals surface area contributed by atoms with Crippen molar-refractivity contribution in [3.63, 3.8) is 0 Å². The van der Waals surface area contributed by atoms with Gasteiger partial charge in [0.1, 0.15) is 5.69 Å². The highest BCUT2D eigenvalue weighted by atomic mass is 35.5. The van der Waals surface area contributed by atoms with Crippen molar-refractivity contribution in [2.75, 3.05) is 50.0 Å². The monoisotopic (exact) mass is 718 g/mol. The Morgan fingerprint density at radius 1 is 0.900 bits per heavy atom. The predicted octanol–water partition coefficient (Wildman–Crippen LogP) is 4.90. The first-order valence-electron chi connectivity index (χ1n) is 16.3. The molecule has 1 saturated carbocycles. The maximum absolute atomic E-state index is 13.4. The molecule has 50 heavy (non-hydrogen) atoms. The number of hydrogen-bond acceptors (Lipinski definition) is 8. The van der Waals surface area contributed by atoms with Gasteiger partial charge in [0.25, 0.3) is 17.4 Å². The number of nitrogens with zero attached hydrogens (tertiary/aromatic N) is 4. The molecule has 0 unspecified atom stereocenters. The molecular formula is C35H36Cl2N8O5. The maximum atomic E-state index is 13.4. The number of aromatic nitrogens is 3. The lowest BCUT2D eigenvalue weighted by Crippen LogP contribution is -2.41. The van der Waals surface area contributed by atoms with E-state index in [1.54, 1.807) is 25.1 Å². The van der Waals surface area contributed by atoms with Crippen molar-refractivity contribution in [3.8, 4) is 22.4 Å². The number of aryl methyl sites for hydroxylation is 1. The third-order valence-corrected chi connectivity index (χ3v) is 8.87. The third kappa shape index (κ3) is 8.66. The standard InChI is InChI=1S/C35H36Cl2N8O5/c1-2-45-34(48)30(41-35(49)42-31-27(36)19-38-20-28(31)37)18-29(43-45)22-5-3-4-21(14-22)23-15-24(17-25(16-23)33(47)40-26-6-7-26)32(46)39-8-9-44-10-12-50-13-11-44/h3-5,14-20,26H,2,6-13H2,1H3,(H,39,46)(H,40,47)(H2,38,41,42,49). The van der Waals surface area contributed by atoms with Gasteiger partial charge in [-0.3, -0.25) is 24.3 Å². The van der Waals surface area contributed by atoms with Crippen LogP contribution in [0.3, 0.4) is 0 Å². The molecule has 0 atom stereocenters. The molecule has 15 heteroatoms. The number of nitrogens with one attached hydrogen (secondary N) is 4. The van der Waals surface area contributed by atoms with Gasteiger partial charge in [-0.1, -0.05) is 41.4 Å². The number of carbonyl (C=O) groups is 3. The lowest BCUT2D eigenvalue weighted by atomic mass is 9.97. The smallest absolute Gasteiger partial charge is 0.323 e. The minimum Gasteiger partial charge on any atom is -0.379 e. The number of anilines is 2. The van der Waals surface area contributed by atoms with Crippen LogP contribution in [-0.4, -0.2) is 82.9 Å². The molecule has 4 amide bonds. The maximum Gasteiger partial charge on any atom is 0.323 e. The topological polar surface area (TPSA) is 160 Å². The molecule has 1 aliphatic heterocycles. The van der Waals surface area contributed by atoms with Crippen LogP contribution in [0, 0.1) is 0 Å². The summed E-state index contributed by atoms with van der Waals surface area (Å²) in [5.74, 6) is -0.523. The van der Waals surface area contributed by atoms with E-state index in [1.165, 1.54) is 23.1 Å². The quantitative estimate of drug-likeness (QED) is 0.171. The molecule has 3 heterocycles. The van der Waals surface area contributed by atoms with E-state index in [4.69, 9.17) is 27.9 Å². The van der Waals surface area contributed by atoms with Crippen molar-refractivity contribution in [1.82, 2.24) is 30.3 Å². The zero-order valence-corrected chi connectivity index (χ0v) is 28.8. The van der Waals surface area contributed by atoms with Crippen LogP contribution < -0.4 is 26.8 Å². The minimum atomic E-state index is -0.734. The molecule has 6 rings (SSSR count). The van der Waals surface area contributed by atoms with Crippen molar-refractivity contribution in [2.24, 2.45) is 0 Å². The number of morpholine rings is 1. The molecule has 0 bridgehead atoms. The molecule has 0 radical (unpaired) electrons. The first-order valence-corrected chi connectivity index (χ1v) is 17.1. The first-order chi connectivity index (χ1) is 24.2. The number of halogens is 2. The van der Waals surface area contributed by atoms with E-state index in [1.807, 2.05) is 24.3 Å². The number of carbonyl (C=O) groups excluding carboxylic acids is 3. The summed E-state index contributed by atoms with van der Waals surface area (Å²) >= 11 is 12.3. The lowest BCUT2D eigenvalue weighted by molar-refractivity contribution is 0.0383. The Morgan fingerprint density at radius 3 is 2.30 bits per heavy atom. The van der Waals surface area contributed by atoms with Gasteiger partial charge in [-0.25, -0.2) is 9.48 Å². The number of rotatable bonds is 11. The Bertz CT molecular complexity index is 1960. The van der Waals surface area contributed by atoms with E-state index in [-0.39, 0.29) is 45.8 Å². The summed E-state index contributed by atoms with van der Waals surface area (Å²) in [6.07, 6.45) is 4.53. The van der Waals surface area contributed by atoms with Crippen LogP contribution in [0.4, 0.5) is 16.2 Å². The van der Waals surface area contributed by atoms with Crippen LogP contribution in [-0.2, 0) is 11.3 Å². The summed E-state index contributed by atoms with van der Waals surface area (Å²) in [6.45, 7) is 6.14. The van der Waals surface area contributed by atoms with Gasteiger partial charge in [-0.2, -0.15) is 5.10 Å². The molecule has 2 aliphatic rings. The second-order valence-electron chi connectivity index (χ2n) is 12.0. The summed E-state index contributed by atoms with van der Waals surface area (Å²) < 4.78 is 6.65. The van der Waals surface area contributed by atoms with Crippen LogP contribution >= 0.6 is 23.2 Å². The Kier molecular flexibility index (Phi) is 11.1. The van der Waals surface area contributed by atoms with Gasteiger partial charge in [0.2, 0.25) is 0 Å². The number of benzene rings is 2. The number of ether oxygens (including phenoxy) is 1. The van der Waals surface area contributed by atoms with Gasteiger partial charge in [-0.05, 0) is 61.2 Å². The summed E-state index contributed by atoms with van der Waals surface area (Å²) in [5.41, 5.74) is 2.78. The van der Waals surface area contributed by atoms with Gasteiger partial charge < -0.3 is 26.0 Å². The van der Waals surface area contributed by atoms with E-state index >= 15 is 0 Å². The Labute approximate surface area is 298 Å². The first kappa shape index (κ1) is 35.0.